The molecule has 0 radical (unpaired) electrons. The van der Waals surface area contributed by atoms with Crippen LogP contribution in [0.1, 0.15) is 21.6 Å². The zero-order valence-electron chi connectivity index (χ0n) is 7.09. The van der Waals surface area contributed by atoms with Crippen LogP contribution in [0.5, 0.6) is 0 Å². The molecule has 0 heteroatoms. The summed E-state index contributed by atoms with van der Waals surface area (Å²) in [5, 5.41) is 0. The molecule has 0 amide bonds. The third-order valence-corrected chi connectivity index (χ3v) is 0.607. The monoisotopic (exact) mass is 123 g/mol. The number of benzene rings is 1. The van der Waals surface area contributed by atoms with Gasteiger partial charge >= 0.3 is 0 Å². The van der Waals surface area contributed by atoms with E-state index in [4.69, 9.17) is 1.37 Å². The molecule has 0 aliphatic heterocycles. The van der Waals surface area contributed by atoms with Crippen LogP contribution >= 0.6 is 0 Å². The Morgan fingerprint density at radius 1 is 1.00 bits per heavy atom. The van der Waals surface area contributed by atoms with Crippen molar-refractivity contribution in [1.82, 2.24) is 0 Å². The summed E-state index contributed by atoms with van der Waals surface area (Å²) >= 11 is 0. The summed E-state index contributed by atoms with van der Waals surface area (Å²) in [6.45, 7) is 4.25. The van der Waals surface area contributed by atoms with Crippen molar-refractivity contribution in [2.45, 2.75) is 20.3 Å². The maximum absolute atomic E-state index is 7.00. The molecule has 0 unspecified atom stereocenters. The van der Waals surface area contributed by atoms with E-state index >= 15 is 0 Å². The molecule has 0 fully saturated rings. The van der Waals surface area contributed by atoms with Crippen LogP contribution in [0.25, 0.3) is 0 Å². The third kappa shape index (κ3) is 7.22. The minimum atomic E-state index is 0.572. The fourth-order valence-electron chi connectivity index (χ4n) is 0.342. The average Bonchev–Trinajstić information content (AvgIpc) is 1.91. The van der Waals surface area contributed by atoms with Gasteiger partial charge in [0.1, 0.15) is 0 Å². The van der Waals surface area contributed by atoms with Crippen molar-refractivity contribution in [3.05, 3.63) is 36.4 Å². The van der Waals surface area contributed by atoms with Gasteiger partial charge in [-0.1, -0.05) is 56.6 Å². The maximum atomic E-state index is 7.00. The number of hydrogen-bond acceptors (Lipinski definition) is 0. The van der Waals surface area contributed by atoms with Gasteiger partial charge in [-0.05, 0) is 0 Å². The lowest BCUT2D eigenvalue weighted by molar-refractivity contribution is 1.09. The van der Waals surface area contributed by atoms with E-state index in [1.807, 2.05) is 18.2 Å². The second-order valence-corrected chi connectivity index (χ2v) is 1.78. The molecular formula is C9H14. The molecule has 0 atom stereocenters. The summed E-state index contributed by atoms with van der Waals surface area (Å²) in [5.41, 5.74) is 0. The second-order valence-electron chi connectivity index (χ2n) is 1.78. The van der Waals surface area contributed by atoms with Crippen LogP contribution in [0.15, 0.2) is 36.4 Å². The SMILES string of the molecule is CCC.[2H]c1ccccc1. The molecule has 0 saturated heterocycles. The fourth-order valence-corrected chi connectivity index (χ4v) is 0.342. The predicted molar refractivity (Wildman–Crippen MR) is 42.4 cm³/mol. The molecule has 0 nitrogen and oxygen atoms in total. The van der Waals surface area contributed by atoms with Crippen LogP contribution in [0.4, 0.5) is 0 Å². The Morgan fingerprint density at radius 3 is 1.56 bits per heavy atom. The number of hydrogen-bond donors (Lipinski definition) is 0. The summed E-state index contributed by atoms with van der Waals surface area (Å²) in [7, 11) is 0. The van der Waals surface area contributed by atoms with E-state index in [0.29, 0.717) is 6.04 Å². The minimum absolute atomic E-state index is 0.572. The van der Waals surface area contributed by atoms with Crippen molar-refractivity contribution < 1.29 is 1.37 Å². The van der Waals surface area contributed by atoms with Gasteiger partial charge in [0, 0.05) is 0 Å². The highest BCUT2D eigenvalue weighted by molar-refractivity contribution is 4.99. The van der Waals surface area contributed by atoms with Gasteiger partial charge in [-0.3, -0.25) is 0 Å². The van der Waals surface area contributed by atoms with Crippen molar-refractivity contribution in [2.24, 2.45) is 0 Å². The molecule has 1 aromatic carbocycles. The van der Waals surface area contributed by atoms with Gasteiger partial charge in [0.05, 0.1) is 1.37 Å². The third-order valence-electron chi connectivity index (χ3n) is 0.607. The number of rotatable bonds is 0. The van der Waals surface area contributed by atoms with E-state index < -0.39 is 0 Å². The van der Waals surface area contributed by atoms with Crippen LogP contribution in [0.3, 0.4) is 0 Å². The molecule has 1 aromatic rings. The quantitative estimate of drug-likeness (QED) is 0.497. The van der Waals surface area contributed by atoms with Gasteiger partial charge in [-0.15, -0.1) is 0 Å². The van der Waals surface area contributed by atoms with E-state index in [2.05, 4.69) is 13.8 Å². The van der Waals surface area contributed by atoms with Gasteiger partial charge in [-0.25, -0.2) is 0 Å². The van der Waals surface area contributed by atoms with Crippen LogP contribution in [-0.2, 0) is 0 Å². The summed E-state index contributed by atoms with van der Waals surface area (Å²) < 4.78 is 7.00. The molecule has 0 aliphatic rings. The summed E-state index contributed by atoms with van der Waals surface area (Å²) in [6.07, 6.45) is 1.25. The van der Waals surface area contributed by atoms with E-state index in [9.17, 15) is 0 Å². The Kier molecular flexibility index (Phi) is 5.09. The molecule has 0 N–H and O–H groups in total. The fraction of sp³-hybridized carbons (Fsp3) is 0.333. The smallest absolute Gasteiger partial charge is 0.0623 e. The standard InChI is InChI=1S/C6H6.C3H8/c1-2-4-6-5-3-1;1-3-2/h1-6H;3H2,1-2H3/i1D;. The molecule has 0 aliphatic carbocycles. The topological polar surface area (TPSA) is 0 Å². The average molecular weight is 123 g/mol. The van der Waals surface area contributed by atoms with Gasteiger partial charge in [0.15, 0.2) is 0 Å². The van der Waals surface area contributed by atoms with Crippen LogP contribution in [0.2, 0.25) is 0 Å². The Morgan fingerprint density at radius 2 is 1.33 bits per heavy atom. The Balaban J connectivity index is 0.000000236. The first kappa shape index (κ1) is 6.34. The molecule has 0 saturated carbocycles. The molecule has 0 bridgehead atoms. The van der Waals surface area contributed by atoms with E-state index in [1.165, 1.54) is 6.42 Å². The van der Waals surface area contributed by atoms with E-state index in [1.54, 1.807) is 12.1 Å². The highest BCUT2D eigenvalue weighted by atomic mass is 13.6. The molecule has 0 aromatic heterocycles. The van der Waals surface area contributed by atoms with Gasteiger partial charge < -0.3 is 0 Å². The molecule has 0 spiro atoms. The highest BCUT2D eigenvalue weighted by Crippen LogP contribution is 1.79. The van der Waals surface area contributed by atoms with Crippen LogP contribution < -0.4 is 0 Å². The molecule has 1 rings (SSSR count). The lowest BCUT2D eigenvalue weighted by atomic mass is 10.4. The first-order valence-corrected chi connectivity index (χ1v) is 3.32. The minimum Gasteiger partial charge on any atom is -0.0656 e. The maximum Gasteiger partial charge on any atom is 0.0623 e. The van der Waals surface area contributed by atoms with Crippen LogP contribution in [0, 0.1) is 0 Å². The summed E-state index contributed by atoms with van der Waals surface area (Å²) in [6, 6.07) is 9.67. The van der Waals surface area contributed by atoms with Crippen molar-refractivity contribution in [2.75, 3.05) is 0 Å². The summed E-state index contributed by atoms with van der Waals surface area (Å²) in [4.78, 5) is 0. The lowest BCUT2D eigenvalue weighted by Crippen LogP contribution is -1.47. The van der Waals surface area contributed by atoms with E-state index in [0.717, 1.165) is 0 Å². The molecular weight excluding hydrogens is 108 g/mol. The Labute approximate surface area is 58.9 Å². The lowest BCUT2D eigenvalue weighted by Gasteiger charge is -1.69. The van der Waals surface area contributed by atoms with Crippen molar-refractivity contribution in [1.29, 1.82) is 0 Å². The Bertz CT molecular complexity index is 146. The molecule has 9 heavy (non-hydrogen) atoms. The second kappa shape index (κ2) is 7.22. The van der Waals surface area contributed by atoms with Crippen molar-refractivity contribution >= 4 is 0 Å². The molecule has 50 valence electrons. The predicted octanol–water partition coefficient (Wildman–Crippen LogP) is 3.10. The van der Waals surface area contributed by atoms with Crippen LogP contribution in [-0.4, -0.2) is 0 Å². The first-order valence-electron chi connectivity index (χ1n) is 3.82. The molecule has 0 heterocycles. The Hall–Kier alpha value is -0.780. The van der Waals surface area contributed by atoms with Crippen molar-refractivity contribution in [3.8, 4) is 0 Å². The van der Waals surface area contributed by atoms with Gasteiger partial charge in [-0.2, -0.15) is 0 Å². The largest absolute Gasteiger partial charge is 0.0656 e. The zero-order valence-corrected chi connectivity index (χ0v) is 6.09. The van der Waals surface area contributed by atoms with Gasteiger partial charge in [0.2, 0.25) is 0 Å². The normalized spacial score (nSPS) is 8.89. The van der Waals surface area contributed by atoms with Gasteiger partial charge in [0.25, 0.3) is 0 Å². The van der Waals surface area contributed by atoms with E-state index in [-0.39, 0.29) is 0 Å². The zero-order chi connectivity index (χ0) is 7.82. The first-order chi connectivity index (χ1) is 4.81. The highest BCUT2D eigenvalue weighted by Gasteiger charge is 1.57. The van der Waals surface area contributed by atoms with Crippen molar-refractivity contribution in [3.63, 3.8) is 0 Å². The summed E-state index contributed by atoms with van der Waals surface area (Å²) in [5.74, 6) is 0.